The molecule has 120 valence electrons. The molecule has 1 aliphatic heterocycles. The van der Waals surface area contributed by atoms with Gasteiger partial charge in [-0.25, -0.2) is 0 Å². The zero-order valence-corrected chi connectivity index (χ0v) is 12.8. The van der Waals surface area contributed by atoms with Crippen molar-refractivity contribution >= 4 is 23.3 Å². The number of aromatic nitrogens is 1. The van der Waals surface area contributed by atoms with Gasteiger partial charge >= 0.3 is 6.18 Å². The van der Waals surface area contributed by atoms with E-state index in [2.05, 4.69) is 10.3 Å². The first-order valence-corrected chi connectivity index (χ1v) is 7.20. The molecule has 0 saturated carbocycles. The van der Waals surface area contributed by atoms with Crippen molar-refractivity contribution in [1.29, 1.82) is 0 Å². The highest BCUT2D eigenvalue weighted by Crippen LogP contribution is 2.36. The fraction of sp³-hybridized carbons (Fsp3) is 0.438. The first kappa shape index (κ1) is 17.0. The van der Waals surface area contributed by atoms with Gasteiger partial charge < -0.3 is 5.32 Å². The maximum absolute atomic E-state index is 13.1. The average Bonchev–Trinajstić information content (AvgIpc) is 2.47. The molecule has 0 unspecified atom stereocenters. The van der Waals surface area contributed by atoms with Crippen LogP contribution < -0.4 is 5.32 Å². The zero-order chi connectivity index (χ0) is 14.9. The molecule has 1 aliphatic rings. The number of nitrogens with zero attached hydrogens (tertiary/aromatic N) is 1. The second-order valence-corrected chi connectivity index (χ2v) is 5.57. The highest BCUT2D eigenvalue weighted by molar-refractivity contribution is 5.86. The van der Waals surface area contributed by atoms with Gasteiger partial charge in [0.25, 0.3) is 0 Å². The number of benzene rings is 1. The standard InChI is InChI=1S/C16H17F3N2.ClH/c17-16(18,19)14-4-3-12(10-11-5-8-20-9-6-11)15-13(14)2-1-7-21-15;/h1-4,7,11,20H,5-6,8-10H2;1H. The fourth-order valence-corrected chi connectivity index (χ4v) is 3.04. The molecule has 2 heterocycles. The third-order valence-corrected chi connectivity index (χ3v) is 4.13. The largest absolute Gasteiger partial charge is 0.417 e. The lowest BCUT2D eigenvalue weighted by Crippen LogP contribution is -2.28. The molecule has 1 N–H and O–H groups in total. The van der Waals surface area contributed by atoms with Gasteiger partial charge in [-0.15, -0.1) is 12.4 Å². The number of hydrogen-bond acceptors (Lipinski definition) is 2. The summed E-state index contributed by atoms with van der Waals surface area (Å²) in [6, 6.07) is 5.86. The van der Waals surface area contributed by atoms with Gasteiger partial charge in [0.15, 0.2) is 0 Å². The Morgan fingerprint density at radius 2 is 1.86 bits per heavy atom. The van der Waals surface area contributed by atoms with Crippen molar-refractivity contribution in [3.8, 4) is 0 Å². The van der Waals surface area contributed by atoms with Crippen LogP contribution in [0.4, 0.5) is 13.2 Å². The van der Waals surface area contributed by atoms with E-state index in [-0.39, 0.29) is 17.8 Å². The number of halogens is 4. The van der Waals surface area contributed by atoms with E-state index in [9.17, 15) is 13.2 Å². The zero-order valence-electron chi connectivity index (χ0n) is 12.0. The lowest BCUT2D eigenvalue weighted by atomic mass is 9.89. The minimum atomic E-state index is -4.34. The molecule has 3 rings (SSSR count). The molecular weight excluding hydrogens is 313 g/mol. The van der Waals surface area contributed by atoms with Crippen molar-refractivity contribution in [2.24, 2.45) is 5.92 Å². The summed E-state index contributed by atoms with van der Waals surface area (Å²) < 4.78 is 39.2. The second-order valence-electron chi connectivity index (χ2n) is 5.57. The third kappa shape index (κ3) is 3.52. The minimum absolute atomic E-state index is 0. The van der Waals surface area contributed by atoms with Gasteiger partial charge in [0.2, 0.25) is 0 Å². The average molecular weight is 331 g/mol. The predicted molar refractivity (Wildman–Crippen MR) is 83.3 cm³/mol. The molecular formula is C16H18ClF3N2. The van der Waals surface area contributed by atoms with Crippen molar-refractivity contribution in [1.82, 2.24) is 10.3 Å². The van der Waals surface area contributed by atoms with Crippen molar-refractivity contribution in [3.05, 3.63) is 41.6 Å². The van der Waals surface area contributed by atoms with Gasteiger partial charge in [-0.05, 0) is 56.0 Å². The van der Waals surface area contributed by atoms with E-state index in [4.69, 9.17) is 0 Å². The fourth-order valence-electron chi connectivity index (χ4n) is 3.04. The van der Waals surface area contributed by atoms with E-state index < -0.39 is 11.7 Å². The number of pyridine rings is 1. The van der Waals surface area contributed by atoms with Crippen LogP contribution in [0.2, 0.25) is 0 Å². The van der Waals surface area contributed by atoms with Gasteiger partial charge in [-0.1, -0.05) is 12.1 Å². The number of rotatable bonds is 2. The summed E-state index contributed by atoms with van der Waals surface area (Å²) in [7, 11) is 0. The van der Waals surface area contributed by atoms with E-state index in [1.54, 1.807) is 18.3 Å². The van der Waals surface area contributed by atoms with Crippen LogP contribution in [0.15, 0.2) is 30.5 Å². The van der Waals surface area contributed by atoms with E-state index in [0.29, 0.717) is 11.4 Å². The van der Waals surface area contributed by atoms with Crippen LogP contribution in [-0.2, 0) is 12.6 Å². The third-order valence-electron chi connectivity index (χ3n) is 4.13. The van der Waals surface area contributed by atoms with Crippen molar-refractivity contribution in [3.63, 3.8) is 0 Å². The van der Waals surface area contributed by atoms with Crippen molar-refractivity contribution in [2.45, 2.75) is 25.4 Å². The van der Waals surface area contributed by atoms with E-state index in [1.807, 2.05) is 0 Å². The molecule has 2 nitrogen and oxygen atoms in total. The highest BCUT2D eigenvalue weighted by atomic mass is 35.5. The van der Waals surface area contributed by atoms with Crippen LogP contribution in [0.25, 0.3) is 10.9 Å². The summed E-state index contributed by atoms with van der Waals surface area (Å²) in [6.45, 7) is 1.97. The van der Waals surface area contributed by atoms with E-state index in [0.717, 1.165) is 37.9 Å². The van der Waals surface area contributed by atoms with Gasteiger partial charge in [0.1, 0.15) is 0 Å². The Morgan fingerprint density at radius 3 is 2.55 bits per heavy atom. The Hall–Kier alpha value is -1.33. The van der Waals surface area contributed by atoms with Gasteiger partial charge in [-0.3, -0.25) is 4.98 Å². The molecule has 0 aliphatic carbocycles. The molecule has 0 radical (unpaired) electrons. The first-order valence-electron chi connectivity index (χ1n) is 7.20. The minimum Gasteiger partial charge on any atom is -0.317 e. The maximum atomic E-state index is 13.1. The summed E-state index contributed by atoms with van der Waals surface area (Å²) in [5.41, 5.74) is 0.816. The molecule has 0 bridgehead atoms. The Bertz CT molecular complexity index is 637. The van der Waals surface area contributed by atoms with Crippen LogP contribution in [0.1, 0.15) is 24.0 Å². The Kier molecular flexibility index (Phi) is 5.29. The summed E-state index contributed by atoms with van der Waals surface area (Å²) in [5, 5.41) is 3.51. The molecule has 22 heavy (non-hydrogen) atoms. The van der Waals surface area contributed by atoms with E-state index >= 15 is 0 Å². The van der Waals surface area contributed by atoms with Gasteiger partial charge in [-0.2, -0.15) is 13.2 Å². The normalized spacial score (nSPS) is 16.5. The summed E-state index contributed by atoms with van der Waals surface area (Å²) >= 11 is 0. The number of alkyl halides is 3. The van der Waals surface area contributed by atoms with Crippen molar-refractivity contribution < 1.29 is 13.2 Å². The Morgan fingerprint density at radius 1 is 1.14 bits per heavy atom. The molecule has 1 fully saturated rings. The molecule has 1 aromatic carbocycles. The summed E-state index contributed by atoms with van der Waals surface area (Å²) in [5.74, 6) is 0.521. The molecule has 0 atom stereocenters. The summed E-state index contributed by atoms with van der Waals surface area (Å²) in [4.78, 5) is 4.21. The second kappa shape index (κ2) is 6.84. The number of nitrogens with one attached hydrogen (secondary N) is 1. The van der Waals surface area contributed by atoms with Gasteiger partial charge in [0, 0.05) is 11.6 Å². The molecule has 0 amide bonds. The van der Waals surface area contributed by atoms with Crippen LogP contribution in [-0.4, -0.2) is 18.1 Å². The summed E-state index contributed by atoms with van der Waals surface area (Å²) in [6.07, 6.45) is 0.154. The molecule has 1 saturated heterocycles. The lowest BCUT2D eigenvalue weighted by molar-refractivity contribution is -0.136. The molecule has 2 aromatic rings. The SMILES string of the molecule is Cl.FC(F)(F)c1ccc(CC2CCNCC2)c2ncccc12. The van der Waals surface area contributed by atoms with Crippen LogP contribution in [0, 0.1) is 5.92 Å². The smallest absolute Gasteiger partial charge is 0.317 e. The Labute approximate surface area is 133 Å². The topological polar surface area (TPSA) is 24.9 Å². The lowest BCUT2D eigenvalue weighted by Gasteiger charge is -2.23. The van der Waals surface area contributed by atoms with Crippen LogP contribution in [0.5, 0.6) is 0 Å². The van der Waals surface area contributed by atoms with Crippen molar-refractivity contribution in [2.75, 3.05) is 13.1 Å². The maximum Gasteiger partial charge on any atom is 0.417 e. The van der Waals surface area contributed by atoms with Crippen LogP contribution in [0.3, 0.4) is 0 Å². The molecule has 0 spiro atoms. The quantitative estimate of drug-likeness (QED) is 0.892. The number of hydrogen-bond donors (Lipinski definition) is 1. The van der Waals surface area contributed by atoms with Crippen LogP contribution >= 0.6 is 12.4 Å². The Balaban J connectivity index is 0.00000176. The molecule has 1 aromatic heterocycles. The monoisotopic (exact) mass is 330 g/mol. The van der Waals surface area contributed by atoms with Gasteiger partial charge in [0.05, 0.1) is 11.1 Å². The first-order chi connectivity index (χ1) is 10.1. The number of fused-ring (bicyclic) bond motifs is 1. The predicted octanol–water partition coefficient (Wildman–Crippen LogP) is 4.22. The number of piperidine rings is 1. The van der Waals surface area contributed by atoms with E-state index in [1.165, 1.54) is 12.1 Å². The molecule has 6 heteroatoms. The highest BCUT2D eigenvalue weighted by Gasteiger charge is 2.33.